The van der Waals surface area contributed by atoms with Crippen molar-refractivity contribution in [2.45, 2.75) is 0 Å². The molecule has 0 saturated carbocycles. The molecule has 11 nitrogen and oxygen atoms in total. The van der Waals surface area contributed by atoms with Crippen LogP contribution in [0.4, 0.5) is 70.1 Å². The normalized spacial score (nSPS) is 12.5. The van der Waals surface area contributed by atoms with Crippen molar-refractivity contribution >= 4 is 70.1 Å². The minimum atomic E-state index is 0.280. The first-order chi connectivity index (χ1) is 29.7. The lowest BCUT2D eigenvalue weighted by Gasteiger charge is -2.23. The quantitative estimate of drug-likeness (QED) is 0.161. The minimum absolute atomic E-state index is 0.280. The molecule has 0 N–H and O–H groups in total. The second-order valence-corrected chi connectivity index (χ2v) is 13.8. The van der Waals surface area contributed by atoms with Crippen LogP contribution in [0, 0.1) is 0 Å². The summed E-state index contributed by atoms with van der Waals surface area (Å²) in [4.78, 5) is 22.6. The number of nitrogens with zero attached hydrogens (tertiary/aromatic N) is 7. The van der Waals surface area contributed by atoms with Gasteiger partial charge in [0.2, 0.25) is 53.0 Å². The summed E-state index contributed by atoms with van der Waals surface area (Å²) in [6.45, 7) is 0. The van der Waals surface area contributed by atoms with Crippen molar-refractivity contribution in [3.63, 3.8) is 0 Å². The Kier molecular flexibility index (Phi) is 8.51. The molecule has 5 aromatic carbocycles. The summed E-state index contributed by atoms with van der Waals surface area (Å²) in [5.74, 6) is 5.02. The van der Waals surface area contributed by atoms with Crippen LogP contribution in [0.5, 0.6) is 0 Å². The fraction of sp³-hybridized carbons (Fsp3) is 0. The molecule has 11 heteroatoms. The van der Waals surface area contributed by atoms with Gasteiger partial charge in [0.05, 0.1) is 17.1 Å². The number of hydrogen-bond donors (Lipinski definition) is 0. The van der Waals surface area contributed by atoms with Gasteiger partial charge in [0.25, 0.3) is 0 Å². The molecule has 6 heterocycles. The van der Waals surface area contributed by atoms with E-state index in [1.807, 2.05) is 215 Å². The van der Waals surface area contributed by atoms with Gasteiger partial charge in [-0.3, -0.25) is 14.7 Å². The molecule has 5 aromatic heterocycles. The lowest BCUT2D eigenvalue weighted by molar-refractivity contribution is 0.515. The molecule has 1 aliphatic heterocycles. The van der Waals surface area contributed by atoms with Crippen molar-refractivity contribution in [1.29, 1.82) is 0 Å². The van der Waals surface area contributed by atoms with Gasteiger partial charge in [-0.15, -0.1) is 0 Å². The highest BCUT2D eigenvalue weighted by Gasteiger charge is 2.31. The van der Waals surface area contributed by atoms with E-state index in [1.165, 1.54) is 0 Å². The van der Waals surface area contributed by atoms with E-state index in [9.17, 15) is 0 Å². The number of aromatic nitrogens is 3. The van der Waals surface area contributed by atoms with Gasteiger partial charge in [0.1, 0.15) is 0 Å². The van der Waals surface area contributed by atoms with Crippen LogP contribution in [0.25, 0.3) is 22.8 Å². The monoisotopic (exact) mass is 783 g/mol. The minimum Gasteiger partial charge on any atom is -0.423 e. The average Bonchev–Trinajstić information content (AvgIpc) is 4.17. The van der Waals surface area contributed by atoms with Crippen LogP contribution < -0.4 is 19.6 Å². The Morgan fingerprint density at radius 1 is 0.250 bits per heavy atom. The third-order valence-corrected chi connectivity index (χ3v) is 10.0. The number of furan rings is 4. The van der Waals surface area contributed by atoms with Gasteiger partial charge < -0.3 is 17.7 Å². The molecule has 0 atom stereocenters. The molecular weight excluding hydrogens is 751 g/mol. The summed E-state index contributed by atoms with van der Waals surface area (Å²) in [6, 6.07) is 64.6. The van der Waals surface area contributed by atoms with Crippen molar-refractivity contribution in [1.82, 2.24) is 15.0 Å². The summed E-state index contributed by atoms with van der Waals surface area (Å²) < 4.78 is 27.3. The Morgan fingerprint density at radius 3 is 0.783 bits per heavy atom. The van der Waals surface area contributed by atoms with Crippen LogP contribution in [0.1, 0.15) is 0 Å². The summed E-state index contributed by atoms with van der Waals surface area (Å²) in [5, 5.41) is 0. The van der Waals surface area contributed by atoms with E-state index in [-0.39, 0.29) is 5.95 Å². The van der Waals surface area contributed by atoms with Crippen LogP contribution >= 0.6 is 0 Å². The zero-order valence-corrected chi connectivity index (χ0v) is 31.8. The summed E-state index contributed by atoms with van der Waals surface area (Å²) in [6.07, 6.45) is 0. The predicted octanol–water partition coefficient (Wildman–Crippen LogP) is 13.8. The molecule has 0 radical (unpaired) electrons. The zero-order chi connectivity index (χ0) is 39.8. The van der Waals surface area contributed by atoms with Crippen molar-refractivity contribution in [2.75, 3.05) is 19.6 Å². The Hall–Kier alpha value is -8.57. The summed E-state index contributed by atoms with van der Waals surface area (Å²) >= 11 is 0. The van der Waals surface area contributed by atoms with Crippen LogP contribution in [-0.2, 0) is 0 Å². The summed E-state index contributed by atoms with van der Waals surface area (Å²) in [7, 11) is 0. The first-order valence-corrected chi connectivity index (χ1v) is 19.4. The highest BCUT2D eigenvalue weighted by Crippen LogP contribution is 2.48. The van der Waals surface area contributed by atoms with E-state index >= 15 is 0 Å². The largest absolute Gasteiger partial charge is 0.423 e. The molecule has 0 spiro atoms. The number of para-hydroxylation sites is 3. The third-order valence-electron chi connectivity index (χ3n) is 10.0. The maximum Gasteiger partial charge on any atom is 0.243 e. The number of fused-ring (bicyclic) bond motifs is 8. The van der Waals surface area contributed by atoms with Crippen molar-refractivity contribution < 1.29 is 17.7 Å². The van der Waals surface area contributed by atoms with E-state index in [4.69, 9.17) is 32.6 Å². The number of anilines is 12. The average molecular weight is 784 g/mol. The maximum absolute atomic E-state index is 6.88. The molecule has 11 rings (SSSR count). The standard InChI is InChI=1S/C49H33N7O4/c1-6-16-34(17-7-1)47-50-48(35-18-8-2-9-19-35)52-49(51-47)56-45-32-30-43(59-45)54(37-22-12-4-13-23-37)41-28-26-39(57-41)53(36-20-10-3-11-21-36)40-27-29-42(58-40)55(38-24-14-5-15-25-38)44-31-33-46(56)60-44/h1-33H. The Morgan fingerprint density at radius 2 is 0.500 bits per heavy atom. The van der Waals surface area contributed by atoms with E-state index in [0.717, 1.165) is 28.2 Å². The summed E-state index contributed by atoms with van der Waals surface area (Å²) in [5.41, 5.74) is 4.12. The molecule has 0 aliphatic carbocycles. The van der Waals surface area contributed by atoms with E-state index in [1.54, 1.807) is 4.90 Å². The second kappa shape index (κ2) is 14.7. The molecule has 288 valence electrons. The van der Waals surface area contributed by atoms with Crippen molar-refractivity contribution in [2.24, 2.45) is 0 Å². The topological polar surface area (TPSA) is 104 Å². The Balaban J connectivity index is 1.16. The SMILES string of the molecule is c1ccc(-c2nc(-c3ccccc3)nc(N3c4ccc(o4)N(c4ccccc4)c4ccc(o4)N(c4ccccc4)c4ccc(o4)N(c4ccccc4)c4ccc3o4)n2)cc1. The van der Waals surface area contributed by atoms with Crippen molar-refractivity contribution in [3.05, 3.63) is 200 Å². The fourth-order valence-corrected chi connectivity index (χ4v) is 7.26. The zero-order valence-electron chi connectivity index (χ0n) is 31.8. The molecule has 0 saturated heterocycles. The molecule has 1 aliphatic rings. The Labute approximate surface area is 344 Å². The highest BCUT2D eigenvalue weighted by molar-refractivity contribution is 5.80. The van der Waals surface area contributed by atoms with Crippen LogP contribution in [0.2, 0.25) is 0 Å². The van der Waals surface area contributed by atoms with Gasteiger partial charge in [-0.25, -0.2) is 9.88 Å². The lowest BCUT2D eigenvalue weighted by atomic mass is 10.2. The van der Waals surface area contributed by atoms with Gasteiger partial charge in [0, 0.05) is 59.7 Å². The van der Waals surface area contributed by atoms with Crippen molar-refractivity contribution in [3.8, 4) is 22.8 Å². The Bertz CT molecular complexity index is 2840. The molecule has 0 amide bonds. The van der Waals surface area contributed by atoms with Crippen LogP contribution in [0.3, 0.4) is 0 Å². The lowest BCUT2D eigenvalue weighted by Crippen LogP contribution is -2.15. The van der Waals surface area contributed by atoms with E-state index in [0.29, 0.717) is 58.7 Å². The van der Waals surface area contributed by atoms with Crippen LogP contribution in [-0.4, -0.2) is 15.0 Å². The van der Waals surface area contributed by atoms with E-state index in [2.05, 4.69) is 0 Å². The number of rotatable bonds is 6. The molecule has 0 unspecified atom stereocenters. The number of hydrogen-bond acceptors (Lipinski definition) is 11. The van der Waals surface area contributed by atoms with Gasteiger partial charge in [-0.05, 0) is 36.4 Å². The predicted molar refractivity (Wildman–Crippen MR) is 232 cm³/mol. The highest BCUT2D eigenvalue weighted by atomic mass is 16.4. The fourth-order valence-electron chi connectivity index (χ4n) is 7.26. The third kappa shape index (κ3) is 6.32. The second-order valence-electron chi connectivity index (χ2n) is 13.8. The number of benzene rings is 5. The van der Waals surface area contributed by atoms with Gasteiger partial charge in [0.15, 0.2) is 11.6 Å². The molecule has 60 heavy (non-hydrogen) atoms. The molecule has 0 fully saturated rings. The van der Waals surface area contributed by atoms with Gasteiger partial charge in [-0.2, -0.15) is 9.97 Å². The van der Waals surface area contributed by atoms with Crippen LogP contribution in [0.15, 0.2) is 218 Å². The van der Waals surface area contributed by atoms with E-state index < -0.39 is 0 Å². The van der Waals surface area contributed by atoms with Gasteiger partial charge in [-0.1, -0.05) is 115 Å². The van der Waals surface area contributed by atoms with Gasteiger partial charge >= 0.3 is 0 Å². The molecule has 8 bridgehead atoms. The first-order valence-electron chi connectivity index (χ1n) is 19.4. The first kappa shape index (κ1) is 34.7. The molecular formula is C49H33N7O4. The smallest absolute Gasteiger partial charge is 0.243 e. The maximum atomic E-state index is 6.88. The molecule has 10 aromatic rings.